The third kappa shape index (κ3) is 5.18. The van der Waals surface area contributed by atoms with Crippen LogP contribution in [0.2, 0.25) is 0 Å². The van der Waals surface area contributed by atoms with Crippen molar-refractivity contribution >= 4 is 0 Å². The summed E-state index contributed by atoms with van der Waals surface area (Å²) in [6.45, 7) is 0.572. The highest BCUT2D eigenvalue weighted by Gasteiger charge is 2.10. The van der Waals surface area contributed by atoms with Crippen LogP contribution in [0.15, 0.2) is 12.1 Å². The first-order chi connectivity index (χ1) is 9.58. The standard InChI is InChI=1S/C13H19F2NO4/c1-18-10-5-9(6-11(19-2)13(10)17)7-16-3-4-20-8-12(14)15/h5-6,12,16-17H,3-4,7-8H2,1-2H3. The lowest BCUT2D eigenvalue weighted by molar-refractivity contribution is 0.0187. The van der Waals surface area contributed by atoms with Gasteiger partial charge in [0.25, 0.3) is 6.43 Å². The van der Waals surface area contributed by atoms with Crippen LogP contribution in [0.1, 0.15) is 5.56 Å². The highest BCUT2D eigenvalue weighted by molar-refractivity contribution is 5.52. The van der Waals surface area contributed by atoms with Gasteiger partial charge in [0.15, 0.2) is 11.5 Å². The Balaban J connectivity index is 2.44. The Morgan fingerprint density at radius 3 is 2.30 bits per heavy atom. The van der Waals surface area contributed by atoms with E-state index < -0.39 is 13.0 Å². The first kappa shape index (κ1) is 16.5. The molecule has 0 bridgehead atoms. The van der Waals surface area contributed by atoms with Gasteiger partial charge in [-0.1, -0.05) is 0 Å². The molecule has 0 atom stereocenters. The first-order valence-corrected chi connectivity index (χ1v) is 6.09. The number of benzene rings is 1. The largest absolute Gasteiger partial charge is 0.502 e. The Morgan fingerprint density at radius 1 is 1.20 bits per heavy atom. The number of methoxy groups -OCH3 is 2. The molecule has 2 N–H and O–H groups in total. The SMILES string of the molecule is COc1cc(CNCCOCC(F)F)cc(OC)c1O. The molecule has 0 aromatic heterocycles. The van der Waals surface area contributed by atoms with Crippen molar-refractivity contribution in [3.05, 3.63) is 17.7 Å². The zero-order valence-corrected chi connectivity index (χ0v) is 11.5. The Bertz CT molecular complexity index is 390. The number of phenolic OH excluding ortho intramolecular Hbond substituents is 1. The minimum atomic E-state index is -2.44. The summed E-state index contributed by atoms with van der Waals surface area (Å²) in [5, 5.41) is 12.8. The van der Waals surface area contributed by atoms with Gasteiger partial charge in [0.2, 0.25) is 5.75 Å². The second-order valence-corrected chi connectivity index (χ2v) is 3.99. The van der Waals surface area contributed by atoms with Gasteiger partial charge in [-0.15, -0.1) is 0 Å². The van der Waals surface area contributed by atoms with Crippen LogP contribution in [0.4, 0.5) is 8.78 Å². The molecular formula is C13H19F2NO4. The van der Waals surface area contributed by atoms with Crippen LogP contribution in [0.3, 0.4) is 0 Å². The fourth-order valence-electron chi connectivity index (χ4n) is 1.60. The third-order valence-corrected chi connectivity index (χ3v) is 2.54. The minimum Gasteiger partial charge on any atom is -0.502 e. The van der Waals surface area contributed by atoms with E-state index in [1.54, 1.807) is 12.1 Å². The quantitative estimate of drug-likeness (QED) is 0.679. The van der Waals surface area contributed by atoms with Gasteiger partial charge in [-0.2, -0.15) is 0 Å². The predicted octanol–water partition coefficient (Wildman–Crippen LogP) is 1.78. The maximum Gasteiger partial charge on any atom is 0.261 e. The van der Waals surface area contributed by atoms with E-state index in [1.807, 2.05) is 0 Å². The molecule has 0 fully saturated rings. The molecular weight excluding hydrogens is 272 g/mol. The number of phenols is 1. The smallest absolute Gasteiger partial charge is 0.261 e. The monoisotopic (exact) mass is 291 g/mol. The summed E-state index contributed by atoms with van der Waals surface area (Å²) in [5.41, 5.74) is 0.838. The Hall–Kier alpha value is -1.60. The molecule has 0 aliphatic carbocycles. The van der Waals surface area contributed by atoms with Crippen molar-refractivity contribution in [2.45, 2.75) is 13.0 Å². The lowest BCUT2D eigenvalue weighted by Crippen LogP contribution is -2.20. The van der Waals surface area contributed by atoms with Gasteiger partial charge < -0.3 is 24.6 Å². The number of halogens is 2. The summed E-state index contributed by atoms with van der Waals surface area (Å²) >= 11 is 0. The fraction of sp³-hybridized carbons (Fsp3) is 0.538. The van der Waals surface area contributed by atoms with Crippen LogP contribution in [-0.2, 0) is 11.3 Å². The summed E-state index contributed by atoms with van der Waals surface area (Å²) in [4.78, 5) is 0. The van der Waals surface area contributed by atoms with E-state index in [0.29, 0.717) is 24.6 Å². The summed E-state index contributed by atoms with van der Waals surface area (Å²) in [5.74, 6) is 0.573. The van der Waals surface area contributed by atoms with Crippen LogP contribution in [0, 0.1) is 0 Å². The number of alkyl halides is 2. The molecule has 0 amide bonds. The maximum atomic E-state index is 11.8. The lowest BCUT2D eigenvalue weighted by Gasteiger charge is -2.12. The van der Waals surface area contributed by atoms with E-state index in [2.05, 4.69) is 5.32 Å². The molecule has 0 heterocycles. The normalized spacial score (nSPS) is 10.8. The van der Waals surface area contributed by atoms with Crippen LogP contribution >= 0.6 is 0 Å². The van der Waals surface area contributed by atoms with Gasteiger partial charge in [0.1, 0.15) is 6.61 Å². The number of rotatable bonds is 9. The molecule has 114 valence electrons. The minimum absolute atomic E-state index is 0.0565. The Kier molecular flexibility index (Phi) is 7.03. The highest BCUT2D eigenvalue weighted by atomic mass is 19.3. The van der Waals surface area contributed by atoms with Crippen molar-refractivity contribution in [1.82, 2.24) is 5.32 Å². The molecule has 1 aromatic carbocycles. The molecule has 1 aromatic rings. The van der Waals surface area contributed by atoms with Crippen LogP contribution in [-0.4, -0.2) is 45.5 Å². The van der Waals surface area contributed by atoms with Gasteiger partial charge >= 0.3 is 0 Å². The fourth-order valence-corrected chi connectivity index (χ4v) is 1.60. The molecule has 0 spiro atoms. The van der Waals surface area contributed by atoms with Crippen molar-refractivity contribution in [2.75, 3.05) is 34.0 Å². The summed E-state index contributed by atoms with van der Waals surface area (Å²) < 4.78 is 38.4. The topological polar surface area (TPSA) is 60.0 Å². The van der Waals surface area contributed by atoms with Crippen molar-refractivity contribution in [2.24, 2.45) is 0 Å². The third-order valence-electron chi connectivity index (χ3n) is 2.54. The molecule has 7 heteroatoms. The van der Waals surface area contributed by atoms with Crippen LogP contribution < -0.4 is 14.8 Å². The second-order valence-electron chi connectivity index (χ2n) is 3.99. The Labute approximate surface area is 116 Å². The molecule has 1 rings (SSSR count). The number of hydrogen-bond donors (Lipinski definition) is 2. The van der Waals surface area contributed by atoms with E-state index in [0.717, 1.165) is 5.56 Å². The van der Waals surface area contributed by atoms with E-state index in [-0.39, 0.29) is 12.4 Å². The van der Waals surface area contributed by atoms with Crippen molar-refractivity contribution < 1.29 is 28.1 Å². The highest BCUT2D eigenvalue weighted by Crippen LogP contribution is 2.36. The summed E-state index contributed by atoms with van der Waals surface area (Å²) in [7, 11) is 2.90. The van der Waals surface area contributed by atoms with E-state index in [4.69, 9.17) is 14.2 Å². The molecule has 5 nitrogen and oxygen atoms in total. The number of aromatic hydroxyl groups is 1. The summed E-state index contributed by atoms with van der Waals surface area (Å²) in [6, 6.07) is 3.34. The molecule has 0 aliphatic rings. The Morgan fingerprint density at radius 2 is 1.80 bits per heavy atom. The molecule has 0 unspecified atom stereocenters. The average molecular weight is 291 g/mol. The maximum absolute atomic E-state index is 11.8. The van der Waals surface area contributed by atoms with Gasteiger partial charge in [0, 0.05) is 13.1 Å². The molecule has 0 saturated heterocycles. The summed E-state index contributed by atoms with van der Waals surface area (Å²) in [6.07, 6.45) is -2.44. The van der Waals surface area contributed by atoms with Crippen LogP contribution in [0.25, 0.3) is 0 Å². The van der Waals surface area contributed by atoms with Crippen LogP contribution in [0.5, 0.6) is 17.2 Å². The lowest BCUT2D eigenvalue weighted by atomic mass is 10.2. The molecule has 0 radical (unpaired) electrons. The van der Waals surface area contributed by atoms with Crippen molar-refractivity contribution in [3.8, 4) is 17.2 Å². The molecule has 20 heavy (non-hydrogen) atoms. The zero-order chi connectivity index (χ0) is 15.0. The zero-order valence-electron chi connectivity index (χ0n) is 11.5. The number of hydrogen-bond acceptors (Lipinski definition) is 5. The number of ether oxygens (including phenoxy) is 3. The second kappa shape index (κ2) is 8.55. The van der Waals surface area contributed by atoms with Gasteiger partial charge in [-0.3, -0.25) is 0 Å². The molecule has 0 saturated carbocycles. The van der Waals surface area contributed by atoms with Gasteiger partial charge in [-0.05, 0) is 17.7 Å². The molecule has 0 aliphatic heterocycles. The van der Waals surface area contributed by atoms with E-state index in [1.165, 1.54) is 14.2 Å². The van der Waals surface area contributed by atoms with Crippen molar-refractivity contribution in [3.63, 3.8) is 0 Å². The van der Waals surface area contributed by atoms with Gasteiger partial charge in [-0.25, -0.2) is 8.78 Å². The van der Waals surface area contributed by atoms with E-state index in [9.17, 15) is 13.9 Å². The number of nitrogens with one attached hydrogen (secondary N) is 1. The van der Waals surface area contributed by atoms with Crippen molar-refractivity contribution in [1.29, 1.82) is 0 Å². The van der Waals surface area contributed by atoms with Gasteiger partial charge in [0.05, 0.1) is 20.8 Å². The average Bonchev–Trinajstić information content (AvgIpc) is 2.43. The van der Waals surface area contributed by atoms with E-state index >= 15 is 0 Å². The predicted molar refractivity (Wildman–Crippen MR) is 69.7 cm³/mol. The first-order valence-electron chi connectivity index (χ1n) is 6.09.